The maximum Gasteiger partial charge on any atom is 0.230 e. The highest BCUT2D eigenvalue weighted by Gasteiger charge is 2.23. The van der Waals surface area contributed by atoms with Gasteiger partial charge < -0.3 is 10.3 Å². The summed E-state index contributed by atoms with van der Waals surface area (Å²) in [6, 6.07) is 9.71. The van der Waals surface area contributed by atoms with E-state index in [1.54, 1.807) is 0 Å². The van der Waals surface area contributed by atoms with E-state index in [9.17, 15) is 4.79 Å². The van der Waals surface area contributed by atoms with Crippen molar-refractivity contribution in [3.05, 3.63) is 30.1 Å². The smallest absolute Gasteiger partial charge is 0.230 e. The molecule has 6 heteroatoms. The second-order valence-electron chi connectivity index (χ2n) is 5.22. The molecule has 2 aromatic rings. The van der Waals surface area contributed by atoms with Crippen LogP contribution in [0.3, 0.4) is 0 Å². The van der Waals surface area contributed by atoms with Crippen LogP contribution in [0.1, 0.15) is 32.1 Å². The number of H-pyrrole nitrogens is 1. The highest BCUT2D eigenvalue weighted by molar-refractivity contribution is 8.00. The topological polar surface area (TPSA) is 81.6 Å². The summed E-state index contributed by atoms with van der Waals surface area (Å²) in [4.78, 5) is 20.0. The van der Waals surface area contributed by atoms with E-state index in [1.165, 1.54) is 11.8 Å². The molecule has 0 fully saturated rings. The monoisotopic (exact) mass is 316 g/mol. The third-order valence-corrected chi connectivity index (χ3v) is 4.43. The molecule has 1 amide bonds. The summed E-state index contributed by atoms with van der Waals surface area (Å²) in [6.45, 7) is 4.19. The Morgan fingerprint density at radius 3 is 2.95 bits per heavy atom. The molecular weight excluding hydrogens is 296 g/mol. The van der Waals surface area contributed by atoms with Crippen molar-refractivity contribution in [3.8, 4) is 6.07 Å². The molecule has 0 saturated carbocycles. The van der Waals surface area contributed by atoms with E-state index in [-0.39, 0.29) is 17.9 Å². The number of para-hydroxylation sites is 2. The van der Waals surface area contributed by atoms with Crippen molar-refractivity contribution in [2.24, 2.45) is 5.92 Å². The van der Waals surface area contributed by atoms with Gasteiger partial charge in [0, 0.05) is 0 Å². The minimum Gasteiger partial charge on any atom is -0.345 e. The summed E-state index contributed by atoms with van der Waals surface area (Å²) in [5.41, 5.74) is 1.87. The van der Waals surface area contributed by atoms with Crippen LogP contribution in [0.2, 0.25) is 0 Å². The van der Waals surface area contributed by atoms with Crippen LogP contribution in [0, 0.1) is 17.2 Å². The van der Waals surface area contributed by atoms with Crippen LogP contribution in [-0.2, 0) is 4.79 Å². The van der Waals surface area contributed by atoms with E-state index >= 15 is 0 Å². The molecule has 116 valence electrons. The molecule has 0 radical (unpaired) electrons. The van der Waals surface area contributed by atoms with E-state index in [2.05, 4.69) is 29.1 Å². The predicted molar refractivity (Wildman–Crippen MR) is 89.4 cm³/mol. The fourth-order valence-corrected chi connectivity index (χ4v) is 2.70. The van der Waals surface area contributed by atoms with Gasteiger partial charge in [0.2, 0.25) is 5.91 Å². The molecule has 1 heterocycles. The van der Waals surface area contributed by atoms with Crippen LogP contribution in [0.15, 0.2) is 24.3 Å². The van der Waals surface area contributed by atoms with Gasteiger partial charge in [0.05, 0.1) is 34.7 Å². The molecule has 1 aromatic carbocycles. The summed E-state index contributed by atoms with van der Waals surface area (Å²) >= 11 is 1.32. The van der Waals surface area contributed by atoms with Gasteiger partial charge in [-0.05, 0) is 18.1 Å². The summed E-state index contributed by atoms with van der Waals surface area (Å²) in [5.74, 6) is 1.61. The third kappa shape index (κ3) is 4.01. The number of nitrogens with one attached hydrogen (secondary N) is 2. The average Bonchev–Trinajstić information content (AvgIpc) is 2.95. The number of nitrogens with zero attached hydrogens (tertiary/aromatic N) is 2. The minimum atomic E-state index is -0.146. The Kier molecular flexibility index (Phi) is 5.84. The van der Waals surface area contributed by atoms with Gasteiger partial charge in [0.25, 0.3) is 0 Å². The molecular formula is C16H20N4OS. The number of carbonyl (C=O) groups is 1. The highest BCUT2D eigenvalue weighted by atomic mass is 32.2. The molecule has 2 rings (SSSR count). The number of fused-ring (bicyclic) bond motifs is 1. The number of aromatic nitrogens is 2. The molecule has 2 N–H and O–H groups in total. The molecule has 1 aromatic heterocycles. The van der Waals surface area contributed by atoms with E-state index in [0.29, 0.717) is 11.5 Å². The molecule has 0 saturated heterocycles. The molecule has 0 aliphatic rings. The number of rotatable bonds is 7. The fourth-order valence-electron chi connectivity index (χ4n) is 2.24. The number of aromatic amines is 1. The normalized spacial score (nSPS) is 13.5. The Morgan fingerprint density at radius 1 is 1.50 bits per heavy atom. The van der Waals surface area contributed by atoms with Crippen LogP contribution in [0.5, 0.6) is 0 Å². The van der Waals surface area contributed by atoms with E-state index < -0.39 is 0 Å². The summed E-state index contributed by atoms with van der Waals surface area (Å²) in [6.07, 6.45) is 0.938. The standard InChI is InChI=1S/C16H20N4OS/c1-3-11(2)15(20-14(21)10-22-9-8-17)16-18-12-6-4-5-7-13(12)19-16/h4-7,11,15H,3,9-10H2,1-2H3,(H,18,19)(H,20,21)/t11-,15+/m1/s1. The molecule has 0 aliphatic carbocycles. The van der Waals surface area contributed by atoms with Gasteiger partial charge in [-0.2, -0.15) is 5.26 Å². The van der Waals surface area contributed by atoms with Crippen LogP contribution in [-0.4, -0.2) is 27.4 Å². The first kappa shape index (κ1) is 16.4. The summed E-state index contributed by atoms with van der Waals surface area (Å²) < 4.78 is 0. The molecule has 0 aliphatic heterocycles. The van der Waals surface area contributed by atoms with Gasteiger partial charge in [-0.1, -0.05) is 32.4 Å². The largest absolute Gasteiger partial charge is 0.345 e. The zero-order valence-electron chi connectivity index (χ0n) is 12.8. The lowest BCUT2D eigenvalue weighted by Crippen LogP contribution is -2.34. The number of nitriles is 1. The van der Waals surface area contributed by atoms with Gasteiger partial charge in [-0.25, -0.2) is 4.98 Å². The van der Waals surface area contributed by atoms with Gasteiger partial charge in [-0.3, -0.25) is 4.79 Å². The van der Waals surface area contributed by atoms with Crippen molar-refractivity contribution in [2.45, 2.75) is 26.3 Å². The molecule has 2 atom stereocenters. The van der Waals surface area contributed by atoms with E-state index in [4.69, 9.17) is 5.26 Å². The van der Waals surface area contributed by atoms with E-state index in [1.807, 2.05) is 30.3 Å². The van der Waals surface area contributed by atoms with Crippen LogP contribution in [0.4, 0.5) is 0 Å². The van der Waals surface area contributed by atoms with E-state index in [0.717, 1.165) is 23.3 Å². The molecule has 22 heavy (non-hydrogen) atoms. The predicted octanol–water partition coefficient (Wildman–Crippen LogP) is 3.02. The maximum atomic E-state index is 12.1. The minimum absolute atomic E-state index is 0.0639. The molecule has 5 nitrogen and oxygen atoms in total. The lowest BCUT2D eigenvalue weighted by atomic mass is 9.98. The van der Waals surface area contributed by atoms with Crippen molar-refractivity contribution in [2.75, 3.05) is 11.5 Å². The molecule has 0 spiro atoms. The quantitative estimate of drug-likeness (QED) is 0.769. The van der Waals surface area contributed by atoms with Gasteiger partial charge >= 0.3 is 0 Å². The number of carbonyl (C=O) groups excluding carboxylic acids is 1. The zero-order valence-corrected chi connectivity index (χ0v) is 13.6. The first-order valence-electron chi connectivity index (χ1n) is 7.34. The van der Waals surface area contributed by atoms with Crippen LogP contribution in [0.25, 0.3) is 11.0 Å². The number of hydrogen-bond acceptors (Lipinski definition) is 4. The third-order valence-electron chi connectivity index (χ3n) is 3.63. The van der Waals surface area contributed by atoms with Crippen LogP contribution < -0.4 is 5.32 Å². The van der Waals surface area contributed by atoms with Crippen molar-refractivity contribution in [3.63, 3.8) is 0 Å². The number of imidazole rings is 1. The lowest BCUT2D eigenvalue weighted by molar-refractivity contribution is -0.119. The Labute approximate surface area is 134 Å². The van der Waals surface area contributed by atoms with Crippen molar-refractivity contribution in [1.82, 2.24) is 15.3 Å². The molecule has 0 unspecified atom stereocenters. The SMILES string of the molecule is CC[C@@H](C)[C@H](NC(=O)CSCC#N)c1nc2ccccc2[nH]1. The number of thioether (sulfide) groups is 1. The Balaban J connectivity index is 2.15. The fraction of sp³-hybridized carbons (Fsp3) is 0.438. The highest BCUT2D eigenvalue weighted by Crippen LogP contribution is 2.24. The maximum absolute atomic E-state index is 12.1. The second kappa shape index (κ2) is 7.85. The summed E-state index contributed by atoms with van der Waals surface area (Å²) in [7, 11) is 0. The van der Waals surface area contributed by atoms with Gasteiger partial charge in [0.15, 0.2) is 0 Å². The zero-order chi connectivity index (χ0) is 15.9. The Morgan fingerprint density at radius 2 is 2.27 bits per heavy atom. The first-order chi connectivity index (χ1) is 10.7. The first-order valence-corrected chi connectivity index (χ1v) is 8.49. The second-order valence-corrected chi connectivity index (χ2v) is 6.21. The van der Waals surface area contributed by atoms with Crippen molar-refractivity contribution in [1.29, 1.82) is 5.26 Å². The average molecular weight is 316 g/mol. The number of benzene rings is 1. The number of amides is 1. The van der Waals surface area contributed by atoms with Crippen molar-refractivity contribution < 1.29 is 4.79 Å². The van der Waals surface area contributed by atoms with Gasteiger partial charge in [0.1, 0.15) is 5.82 Å². The summed E-state index contributed by atoms with van der Waals surface area (Å²) in [5, 5.41) is 11.6. The van der Waals surface area contributed by atoms with Crippen LogP contribution >= 0.6 is 11.8 Å². The van der Waals surface area contributed by atoms with Gasteiger partial charge in [-0.15, -0.1) is 11.8 Å². The number of hydrogen-bond donors (Lipinski definition) is 2. The lowest BCUT2D eigenvalue weighted by Gasteiger charge is -2.22. The Hall–Kier alpha value is -2.00. The Bertz CT molecular complexity index is 643. The molecule has 0 bridgehead atoms. The van der Waals surface area contributed by atoms with Crippen molar-refractivity contribution >= 4 is 28.7 Å².